The van der Waals surface area contributed by atoms with Crippen LogP contribution in [0.15, 0.2) is 46.0 Å². The second-order valence-electron chi connectivity index (χ2n) is 7.70. The minimum Gasteiger partial charge on any atom is -0.496 e. The molecule has 0 atom stereocenters. The van der Waals surface area contributed by atoms with Crippen molar-refractivity contribution < 1.29 is 14.3 Å². The second kappa shape index (κ2) is 8.52. The molecule has 1 heterocycles. The van der Waals surface area contributed by atoms with Crippen LogP contribution in [-0.2, 0) is 0 Å². The Balaban J connectivity index is 1.89. The van der Waals surface area contributed by atoms with Crippen molar-refractivity contribution in [3.05, 3.63) is 57.6 Å². The van der Waals surface area contributed by atoms with Crippen LogP contribution in [0.4, 0.5) is 5.69 Å². The van der Waals surface area contributed by atoms with Gasteiger partial charge in [0.05, 0.1) is 31.5 Å². The molecule has 1 amide bonds. The maximum absolute atomic E-state index is 12.5. The zero-order chi connectivity index (χ0) is 22.1. The Morgan fingerprint density at radius 2 is 1.87 bits per heavy atom. The fourth-order valence-electron chi connectivity index (χ4n) is 3.55. The van der Waals surface area contributed by atoms with Gasteiger partial charge in [0.15, 0.2) is 0 Å². The van der Waals surface area contributed by atoms with E-state index in [0.29, 0.717) is 17.1 Å². The summed E-state index contributed by atoms with van der Waals surface area (Å²) in [5.74, 6) is 0.798. The standard InChI is InChI=1S/C23H26BrN3O3/c1-14-12-23(2,3)27(4)19-11-21(30-6)15(9-17(14)19)13-25-26-22(28)18-10-16(24)7-8-20(18)29-5/h7-13H,1-6H3,(H,26,28)/b25-13-. The molecule has 1 aliphatic heterocycles. The van der Waals surface area contributed by atoms with Crippen molar-refractivity contribution in [2.45, 2.75) is 26.3 Å². The van der Waals surface area contributed by atoms with Crippen molar-refractivity contribution in [1.29, 1.82) is 0 Å². The Labute approximate surface area is 185 Å². The van der Waals surface area contributed by atoms with E-state index in [9.17, 15) is 4.79 Å². The Hall–Kier alpha value is -2.80. The van der Waals surface area contributed by atoms with E-state index in [1.54, 1.807) is 25.5 Å². The number of nitrogens with zero attached hydrogens (tertiary/aromatic N) is 2. The first-order valence-electron chi connectivity index (χ1n) is 9.50. The van der Waals surface area contributed by atoms with Crippen LogP contribution in [0.2, 0.25) is 0 Å². The first-order chi connectivity index (χ1) is 14.2. The number of hydrogen-bond donors (Lipinski definition) is 1. The van der Waals surface area contributed by atoms with E-state index < -0.39 is 0 Å². The molecule has 0 fully saturated rings. The quantitative estimate of drug-likeness (QED) is 0.499. The molecule has 30 heavy (non-hydrogen) atoms. The molecule has 0 saturated heterocycles. The molecule has 0 aromatic heterocycles. The van der Waals surface area contributed by atoms with E-state index in [1.807, 2.05) is 18.2 Å². The number of halogens is 1. The van der Waals surface area contributed by atoms with Gasteiger partial charge in [-0.05, 0) is 50.6 Å². The van der Waals surface area contributed by atoms with Crippen molar-refractivity contribution in [2.75, 3.05) is 26.2 Å². The number of amides is 1. The number of anilines is 1. The minimum absolute atomic E-state index is 0.0886. The highest BCUT2D eigenvalue weighted by Gasteiger charge is 2.29. The normalized spacial score (nSPS) is 14.9. The molecular formula is C23H26BrN3O3. The van der Waals surface area contributed by atoms with E-state index in [-0.39, 0.29) is 11.4 Å². The van der Waals surface area contributed by atoms with E-state index in [4.69, 9.17) is 9.47 Å². The first-order valence-corrected chi connectivity index (χ1v) is 10.3. The number of hydrogen-bond acceptors (Lipinski definition) is 5. The van der Waals surface area contributed by atoms with Gasteiger partial charge in [0.2, 0.25) is 0 Å². The van der Waals surface area contributed by atoms with Gasteiger partial charge < -0.3 is 14.4 Å². The second-order valence-corrected chi connectivity index (χ2v) is 8.61. The molecule has 7 heteroatoms. The summed E-state index contributed by atoms with van der Waals surface area (Å²) in [6.45, 7) is 6.45. The highest BCUT2D eigenvalue weighted by molar-refractivity contribution is 9.10. The molecule has 1 N–H and O–H groups in total. The third-order valence-electron chi connectivity index (χ3n) is 5.34. The average Bonchev–Trinajstić information content (AvgIpc) is 2.71. The number of benzene rings is 2. The summed E-state index contributed by atoms with van der Waals surface area (Å²) in [7, 11) is 5.22. The Morgan fingerprint density at radius 3 is 2.53 bits per heavy atom. The van der Waals surface area contributed by atoms with Crippen LogP contribution in [0, 0.1) is 0 Å². The van der Waals surface area contributed by atoms with Crippen LogP contribution in [0.5, 0.6) is 11.5 Å². The average molecular weight is 472 g/mol. The summed E-state index contributed by atoms with van der Waals surface area (Å²) < 4.78 is 11.6. The zero-order valence-electron chi connectivity index (χ0n) is 18.0. The SMILES string of the molecule is COc1cc2c(cc1/C=N\NC(=O)c1cc(Br)ccc1OC)C(C)=CC(C)(C)N2C. The van der Waals surface area contributed by atoms with Gasteiger partial charge in [-0.3, -0.25) is 4.79 Å². The molecule has 0 radical (unpaired) electrons. The number of rotatable bonds is 5. The van der Waals surface area contributed by atoms with E-state index >= 15 is 0 Å². The number of carbonyl (C=O) groups is 1. The molecule has 0 aliphatic carbocycles. The predicted molar refractivity (Wildman–Crippen MR) is 125 cm³/mol. The van der Waals surface area contributed by atoms with Crippen LogP contribution >= 0.6 is 15.9 Å². The Bertz CT molecular complexity index is 1040. The number of likely N-dealkylation sites (N-methyl/N-ethyl adjacent to an activating group) is 1. The lowest BCUT2D eigenvalue weighted by molar-refractivity contribution is 0.0952. The fourth-order valence-corrected chi connectivity index (χ4v) is 3.91. The first kappa shape index (κ1) is 21.9. The maximum atomic E-state index is 12.5. The largest absolute Gasteiger partial charge is 0.496 e. The van der Waals surface area contributed by atoms with Crippen LogP contribution in [0.25, 0.3) is 5.57 Å². The molecule has 3 rings (SSSR count). The van der Waals surface area contributed by atoms with Crippen LogP contribution in [-0.4, -0.2) is 38.9 Å². The van der Waals surface area contributed by atoms with Gasteiger partial charge in [-0.25, -0.2) is 5.43 Å². The fraction of sp³-hybridized carbons (Fsp3) is 0.304. The molecule has 1 aliphatic rings. The van der Waals surface area contributed by atoms with E-state index in [2.05, 4.69) is 65.3 Å². The van der Waals surface area contributed by atoms with Crippen LogP contribution < -0.4 is 19.8 Å². The molecule has 6 nitrogen and oxygen atoms in total. The van der Waals surface area contributed by atoms with Crippen LogP contribution in [0.3, 0.4) is 0 Å². The number of carbonyl (C=O) groups excluding carboxylic acids is 1. The molecule has 0 spiro atoms. The van der Waals surface area contributed by atoms with Gasteiger partial charge >= 0.3 is 0 Å². The summed E-state index contributed by atoms with van der Waals surface area (Å²) in [6.07, 6.45) is 3.83. The molecule has 2 aromatic rings. The minimum atomic E-state index is -0.362. The molecular weight excluding hydrogens is 446 g/mol. The van der Waals surface area contributed by atoms with Crippen LogP contribution in [0.1, 0.15) is 42.3 Å². The highest BCUT2D eigenvalue weighted by atomic mass is 79.9. The van der Waals surface area contributed by atoms with Gasteiger partial charge in [0.1, 0.15) is 11.5 Å². The predicted octanol–water partition coefficient (Wildman–Crippen LogP) is 4.86. The summed E-state index contributed by atoms with van der Waals surface area (Å²) >= 11 is 3.37. The number of allylic oxidation sites excluding steroid dienone is 1. The summed E-state index contributed by atoms with van der Waals surface area (Å²) in [5.41, 5.74) is 7.04. The third kappa shape index (κ3) is 4.21. The smallest absolute Gasteiger partial charge is 0.275 e. The molecule has 0 saturated carbocycles. The number of methoxy groups -OCH3 is 2. The van der Waals surface area contributed by atoms with Crippen molar-refractivity contribution in [3.8, 4) is 11.5 Å². The number of hydrazone groups is 1. The zero-order valence-corrected chi connectivity index (χ0v) is 19.6. The lowest BCUT2D eigenvalue weighted by atomic mass is 9.88. The van der Waals surface area contributed by atoms with Gasteiger partial charge in [-0.2, -0.15) is 5.10 Å². The third-order valence-corrected chi connectivity index (χ3v) is 5.84. The van der Waals surface area contributed by atoms with Gasteiger partial charge in [0.25, 0.3) is 5.91 Å². The maximum Gasteiger partial charge on any atom is 0.275 e. The highest BCUT2D eigenvalue weighted by Crippen LogP contribution is 2.40. The van der Waals surface area contributed by atoms with Crippen molar-refractivity contribution in [1.82, 2.24) is 5.43 Å². The van der Waals surface area contributed by atoms with Gasteiger partial charge in [0, 0.05) is 34.4 Å². The molecule has 158 valence electrons. The lowest BCUT2D eigenvalue weighted by Crippen LogP contribution is -2.42. The molecule has 2 aromatic carbocycles. The topological polar surface area (TPSA) is 63.2 Å². The summed E-state index contributed by atoms with van der Waals surface area (Å²) in [5, 5.41) is 4.14. The summed E-state index contributed by atoms with van der Waals surface area (Å²) in [4.78, 5) is 14.8. The van der Waals surface area contributed by atoms with Gasteiger partial charge in [-0.15, -0.1) is 0 Å². The number of ether oxygens (including phenoxy) is 2. The van der Waals surface area contributed by atoms with Crippen molar-refractivity contribution >= 4 is 39.3 Å². The van der Waals surface area contributed by atoms with Crippen molar-refractivity contribution in [2.24, 2.45) is 5.10 Å². The van der Waals surface area contributed by atoms with Gasteiger partial charge in [-0.1, -0.05) is 22.0 Å². The Morgan fingerprint density at radius 1 is 1.17 bits per heavy atom. The summed E-state index contributed by atoms with van der Waals surface area (Å²) in [6, 6.07) is 9.26. The molecule has 0 bridgehead atoms. The number of nitrogens with one attached hydrogen (secondary N) is 1. The monoisotopic (exact) mass is 471 g/mol. The molecule has 0 unspecified atom stereocenters. The van der Waals surface area contributed by atoms with E-state index in [1.165, 1.54) is 12.7 Å². The number of fused-ring (bicyclic) bond motifs is 1. The lowest BCUT2D eigenvalue weighted by Gasteiger charge is -2.40. The van der Waals surface area contributed by atoms with Crippen molar-refractivity contribution in [3.63, 3.8) is 0 Å². The van der Waals surface area contributed by atoms with E-state index in [0.717, 1.165) is 21.3 Å². The Kier molecular flexibility index (Phi) is 6.22.